The highest BCUT2D eigenvalue weighted by Gasteiger charge is 2.33. The lowest BCUT2D eigenvalue weighted by atomic mass is 10.2. The average molecular weight is 430 g/mol. The predicted molar refractivity (Wildman–Crippen MR) is 114 cm³/mol. The first-order chi connectivity index (χ1) is 14.5. The highest BCUT2D eigenvalue weighted by atomic mass is 32.1. The zero-order valence-electron chi connectivity index (χ0n) is 17.1. The smallest absolute Gasteiger partial charge is 0.406 e. The topological polar surface area (TPSA) is 87.0 Å². The van der Waals surface area contributed by atoms with Gasteiger partial charge in [0.2, 0.25) is 0 Å². The molecule has 2 aromatic rings. The van der Waals surface area contributed by atoms with Gasteiger partial charge in [0.25, 0.3) is 6.29 Å². The Morgan fingerprint density at radius 2 is 1.97 bits per heavy atom. The van der Waals surface area contributed by atoms with Crippen LogP contribution in [-0.2, 0) is 9.57 Å². The molecule has 10 heteroatoms. The van der Waals surface area contributed by atoms with Crippen molar-refractivity contribution in [3.05, 3.63) is 50.0 Å². The summed E-state index contributed by atoms with van der Waals surface area (Å²) in [6.45, 7) is 6.73. The van der Waals surface area contributed by atoms with E-state index in [-0.39, 0.29) is 0 Å². The quantitative estimate of drug-likeness (QED) is 0.421. The second kappa shape index (κ2) is 8.41. The van der Waals surface area contributed by atoms with Crippen molar-refractivity contribution in [1.29, 1.82) is 0 Å². The number of nitrogens with zero attached hydrogens (tertiary/aromatic N) is 5. The van der Waals surface area contributed by atoms with Crippen molar-refractivity contribution in [3.63, 3.8) is 0 Å². The van der Waals surface area contributed by atoms with Crippen molar-refractivity contribution < 1.29 is 14.4 Å². The molecule has 0 saturated carbocycles. The largest absolute Gasteiger partial charge is 0.423 e. The molecule has 0 N–H and O–H groups in total. The van der Waals surface area contributed by atoms with E-state index in [0.717, 1.165) is 46.8 Å². The summed E-state index contributed by atoms with van der Waals surface area (Å²) >= 11 is 1.59. The minimum Gasteiger partial charge on any atom is -0.406 e. The Morgan fingerprint density at radius 1 is 1.23 bits per heavy atom. The number of piperazine rings is 1. The molecule has 2 aliphatic heterocycles. The van der Waals surface area contributed by atoms with Gasteiger partial charge in [-0.15, -0.1) is 16.2 Å². The number of benzene rings is 1. The normalized spacial score (nSPS) is 17.4. The van der Waals surface area contributed by atoms with Gasteiger partial charge in [-0.3, -0.25) is 0 Å². The first-order valence-corrected chi connectivity index (χ1v) is 10.5. The molecule has 2 aliphatic rings. The number of amides is 1. The fourth-order valence-electron chi connectivity index (χ4n) is 3.63. The van der Waals surface area contributed by atoms with Gasteiger partial charge in [-0.1, -0.05) is 12.1 Å². The Morgan fingerprint density at radius 3 is 2.70 bits per heavy atom. The molecule has 0 radical (unpaired) electrons. The minimum atomic E-state index is -1.11. The lowest BCUT2D eigenvalue weighted by molar-refractivity contribution is -0.0895. The number of anilines is 1. The maximum atomic E-state index is 13.3. The van der Waals surface area contributed by atoms with E-state index in [9.17, 15) is 9.70 Å². The van der Waals surface area contributed by atoms with Gasteiger partial charge in [0.15, 0.2) is 5.34 Å². The molecule has 158 valence electrons. The summed E-state index contributed by atoms with van der Waals surface area (Å²) in [5, 5.41) is 3.25. The third-order valence-corrected chi connectivity index (χ3v) is 6.02. The molecule has 0 bridgehead atoms. The molecule has 1 amide bonds. The van der Waals surface area contributed by atoms with E-state index >= 15 is 0 Å². The molecule has 1 atom stereocenters. The molecular weight excluding hydrogens is 406 g/mol. The Hall–Kier alpha value is -2.98. The maximum absolute atomic E-state index is 13.3. The monoisotopic (exact) mass is 429 g/mol. The number of hydrogen-bond donors (Lipinski definition) is 0. The second-order valence-electron chi connectivity index (χ2n) is 7.26. The van der Waals surface area contributed by atoms with Crippen LogP contribution in [0.15, 0.2) is 40.7 Å². The first-order valence-electron chi connectivity index (χ1n) is 9.69. The number of fused-ring (bicyclic) bond motifs is 2. The fourth-order valence-corrected chi connectivity index (χ4v) is 4.51. The van der Waals surface area contributed by atoms with E-state index < -0.39 is 12.4 Å². The van der Waals surface area contributed by atoms with Crippen LogP contribution in [-0.4, -0.2) is 55.4 Å². The molecule has 0 aliphatic carbocycles. The van der Waals surface area contributed by atoms with E-state index in [1.165, 1.54) is 11.8 Å². The number of likely N-dealkylation sites (N-methyl/N-ethyl adjacent to an activating group) is 1. The van der Waals surface area contributed by atoms with Crippen molar-refractivity contribution in [2.24, 2.45) is 10.3 Å². The third kappa shape index (κ3) is 3.88. The van der Waals surface area contributed by atoms with Crippen molar-refractivity contribution in [2.75, 3.05) is 38.1 Å². The van der Waals surface area contributed by atoms with Crippen LogP contribution >= 0.6 is 11.3 Å². The SMILES string of the molecule is Cc1cc2c(s1)=Nc1ccccc1N(C(=O)OC(C)ON=O)C=2N1CCN(C)CC1. The predicted octanol–water partition coefficient (Wildman–Crippen LogP) is 2.32. The third-order valence-electron chi connectivity index (χ3n) is 5.08. The number of carbonyl (C=O) groups is 1. The van der Waals surface area contributed by atoms with Crippen LogP contribution < -0.4 is 14.8 Å². The number of aryl methyl sites for hydroxylation is 1. The Kier molecular flexibility index (Phi) is 5.69. The molecule has 4 rings (SSSR count). The fraction of sp³-hybridized carbons (Fsp3) is 0.400. The molecule has 30 heavy (non-hydrogen) atoms. The van der Waals surface area contributed by atoms with Crippen LogP contribution in [0, 0.1) is 11.8 Å². The summed E-state index contributed by atoms with van der Waals surface area (Å²) in [5.41, 5.74) is 1.28. The highest BCUT2D eigenvalue weighted by Crippen LogP contribution is 2.34. The highest BCUT2D eigenvalue weighted by molar-refractivity contribution is 7.09. The lowest BCUT2D eigenvalue weighted by Gasteiger charge is -2.39. The molecule has 1 unspecified atom stereocenters. The van der Waals surface area contributed by atoms with Crippen LogP contribution in [0.5, 0.6) is 0 Å². The van der Waals surface area contributed by atoms with E-state index in [0.29, 0.717) is 11.4 Å². The van der Waals surface area contributed by atoms with Crippen molar-refractivity contribution in [2.45, 2.75) is 20.1 Å². The van der Waals surface area contributed by atoms with Crippen molar-refractivity contribution in [1.82, 2.24) is 9.80 Å². The molecule has 1 fully saturated rings. The first kappa shape index (κ1) is 20.3. The summed E-state index contributed by atoms with van der Waals surface area (Å²) in [7, 11) is 2.08. The number of para-hydroxylation sites is 2. The van der Waals surface area contributed by atoms with Crippen LogP contribution in [0.25, 0.3) is 5.82 Å². The van der Waals surface area contributed by atoms with Gasteiger partial charge in [0, 0.05) is 38.0 Å². The molecule has 9 nitrogen and oxygen atoms in total. The zero-order chi connectivity index (χ0) is 21.3. The van der Waals surface area contributed by atoms with Gasteiger partial charge in [0.1, 0.15) is 10.5 Å². The summed E-state index contributed by atoms with van der Waals surface area (Å²) in [6, 6.07) is 9.50. The van der Waals surface area contributed by atoms with E-state index in [1.807, 2.05) is 31.2 Å². The molecule has 1 aromatic carbocycles. The standard InChI is InChI=1S/C20H23N5O4S/c1-13-12-15-18(30-13)21-16-6-4-5-7-17(16)25(20(26)28-14(2)29-22-27)19(15)24-10-8-23(3)9-11-24/h4-7,12,14H,8-11H2,1-3H3. The van der Waals surface area contributed by atoms with Crippen LogP contribution in [0.1, 0.15) is 11.8 Å². The van der Waals surface area contributed by atoms with Gasteiger partial charge in [0.05, 0.1) is 16.6 Å². The van der Waals surface area contributed by atoms with Crippen molar-refractivity contribution in [3.8, 4) is 0 Å². The van der Waals surface area contributed by atoms with Gasteiger partial charge in [-0.2, -0.15) is 0 Å². The number of rotatable bonds is 4. The summed E-state index contributed by atoms with van der Waals surface area (Å²) in [4.78, 5) is 40.2. The average Bonchev–Trinajstić information content (AvgIpc) is 3.01. The molecule has 1 aromatic heterocycles. The Bertz CT molecular complexity index is 1080. The molecule has 1 saturated heterocycles. The Balaban J connectivity index is 1.90. The van der Waals surface area contributed by atoms with Crippen LogP contribution in [0.4, 0.5) is 16.2 Å². The molecule has 3 heterocycles. The van der Waals surface area contributed by atoms with Crippen LogP contribution in [0.3, 0.4) is 0 Å². The van der Waals surface area contributed by atoms with E-state index in [4.69, 9.17) is 9.73 Å². The van der Waals surface area contributed by atoms with Gasteiger partial charge in [-0.25, -0.2) is 14.7 Å². The zero-order valence-corrected chi connectivity index (χ0v) is 17.9. The number of thiophene rings is 1. The molecule has 0 spiro atoms. The van der Waals surface area contributed by atoms with Gasteiger partial charge >= 0.3 is 6.09 Å². The van der Waals surface area contributed by atoms with Gasteiger partial charge < -0.3 is 19.4 Å². The summed E-state index contributed by atoms with van der Waals surface area (Å²) in [5.74, 6) is 0.729. The van der Waals surface area contributed by atoms with E-state index in [2.05, 4.69) is 33.1 Å². The number of carbonyl (C=O) groups excluding carboxylic acids is 1. The van der Waals surface area contributed by atoms with Crippen molar-refractivity contribution >= 4 is 34.6 Å². The minimum absolute atomic E-state index is 0.615. The van der Waals surface area contributed by atoms with Gasteiger partial charge in [-0.05, 0) is 32.2 Å². The van der Waals surface area contributed by atoms with Crippen LogP contribution in [0.2, 0.25) is 0 Å². The van der Waals surface area contributed by atoms with E-state index in [1.54, 1.807) is 11.3 Å². The maximum Gasteiger partial charge on any atom is 0.423 e. The Labute approximate surface area is 177 Å². The number of hydrogen-bond acceptors (Lipinski definition) is 9. The second-order valence-corrected chi connectivity index (χ2v) is 8.49. The number of ether oxygens (including phenoxy) is 1. The summed E-state index contributed by atoms with van der Waals surface area (Å²) in [6.07, 6.45) is -1.76. The lowest BCUT2D eigenvalue weighted by Crippen LogP contribution is -2.51. The summed E-state index contributed by atoms with van der Waals surface area (Å²) < 4.78 is 6.23. The molecular formula is C20H23N5O4S.